The van der Waals surface area contributed by atoms with Gasteiger partial charge in [0.1, 0.15) is -0.565 Å². The summed E-state index contributed by atoms with van der Waals surface area (Å²) in [6.45, 7) is 0.316. The quantitative estimate of drug-likeness (QED) is 0.517. The fraction of sp³-hybridized carbons (Fsp3) is 1.00. The molecule has 0 aromatic rings. The molecule has 0 spiro atoms. The minimum atomic E-state index is 0.302. The van der Waals surface area contributed by atoms with Crippen molar-refractivity contribution in [2.24, 2.45) is 0 Å². The number of hydrogen-bond acceptors (Lipinski definition) is 1. The third-order valence-electron chi connectivity index (χ3n) is 0.618. The molecule has 4 heteroatoms. The van der Waals surface area contributed by atoms with Gasteiger partial charge in [-0.05, 0) is 12.8 Å². The Bertz CT molecular complexity index is 58.8. The van der Waals surface area contributed by atoms with Crippen LogP contribution in [0.3, 0.4) is 0 Å². The predicted molar refractivity (Wildman–Crippen MR) is 61.1 cm³/mol. The summed E-state index contributed by atoms with van der Waals surface area (Å²) in [5, 5.41) is 8.42. The molecule has 0 aromatic heterocycles. The van der Waals surface area contributed by atoms with E-state index in [0.29, 0.717) is 6.04 Å². The van der Waals surface area contributed by atoms with E-state index in [0.717, 1.165) is 12.8 Å². The highest BCUT2D eigenvalue weighted by Gasteiger charge is 2.15. The van der Waals surface area contributed by atoms with E-state index < -0.39 is 0 Å². The van der Waals surface area contributed by atoms with Gasteiger partial charge in [0.05, 0.1) is 0 Å². The van der Waals surface area contributed by atoms with Crippen LogP contribution >= 0.6 is 67.8 Å². The number of hydrogen-bond donors (Lipinski definition) is 1. The summed E-state index contributed by atoms with van der Waals surface area (Å²) in [7, 11) is 0. The first-order chi connectivity index (χ1) is 3.56. The Kier molecular flexibility index (Phi) is 6.20. The van der Waals surface area contributed by atoms with Crippen LogP contribution in [-0.4, -0.2) is 11.1 Å². The average Bonchev–Trinajstić information content (AvgIpc) is 1.59. The summed E-state index contributed by atoms with van der Waals surface area (Å²) < 4.78 is 0.302. The fourth-order valence-electron chi connectivity index (χ4n) is 0.280. The van der Waals surface area contributed by atoms with E-state index in [9.17, 15) is 0 Å². The lowest BCUT2D eigenvalue weighted by molar-refractivity contribution is 0.287. The first-order valence-electron chi connectivity index (χ1n) is 2.24. The van der Waals surface area contributed by atoms with Crippen molar-refractivity contribution in [1.29, 1.82) is 0 Å². The second-order valence-corrected chi connectivity index (χ2v) is 13.2. The third kappa shape index (κ3) is 8.15. The molecule has 0 aliphatic carbocycles. The summed E-state index contributed by atoms with van der Waals surface area (Å²) in [6.07, 6.45) is 1.99. The molecule has 0 saturated heterocycles. The van der Waals surface area contributed by atoms with Gasteiger partial charge >= 0.3 is 0 Å². The van der Waals surface area contributed by atoms with Crippen LogP contribution < -0.4 is 0 Å². The van der Waals surface area contributed by atoms with E-state index in [-0.39, 0.29) is 0 Å². The lowest BCUT2D eigenvalue weighted by Gasteiger charge is -2.09. The highest BCUT2D eigenvalue weighted by molar-refractivity contribution is 14.3. The molecule has 0 heterocycles. The number of alkyl halides is 3. The summed E-state index contributed by atoms with van der Waals surface area (Å²) >= 11 is 7.09. The topological polar surface area (TPSA) is 20.2 Å². The molecule has 50 valence electrons. The van der Waals surface area contributed by atoms with Crippen molar-refractivity contribution < 1.29 is 5.11 Å². The zero-order chi connectivity index (χ0) is 6.62. The Morgan fingerprint density at radius 2 is 1.75 bits per heavy atom. The fourth-order valence-corrected chi connectivity index (χ4v) is 1.42. The van der Waals surface area contributed by atoms with E-state index in [2.05, 4.69) is 67.8 Å². The lowest BCUT2D eigenvalue weighted by Crippen LogP contribution is -1.99. The van der Waals surface area contributed by atoms with Gasteiger partial charge in [0.2, 0.25) is 0 Å². The zero-order valence-corrected chi connectivity index (χ0v) is 10.7. The largest absolute Gasteiger partial charge is 0.396 e. The van der Waals surface area contributed by atoms with Crippen molar-refractivity contribution in [2.75, 3.05) is 6.61 Å². The Hall–Kier alpha value is 2.15. The number of halogens is 3. The van der Waals surface area contributed by atoms with Crippen molar-refractivity contribution in [3.05, 3.63) is 0 Å². The molecule has 0 unspecified atom stereocenters. The molecule has 0 radical (unpaired) electrons. The third-order valence-corrected chi connectivity index (χ3v) is 2.24. The zero-order valence-electron chi connectivity index (χ0n) is 4.20. The first-order valence-corrected chi connectivity index (χ1v) is 5.47. The predicted octanol–water partition coefficient (Wildman–Crippen LogP) is 2.72. The molecular weight excluding hydrogens is 445 g/mol. The Labute approximate surface area is 90.4 Å². The van der Waals surface area contributed by atoms with Crippen LogP contribution in [0.15, 0.2) is 0 Å². The van der Waals surface area contributed by atoms with Crippen LogP contribution in [0.25, 0.3) is 0 Å². The van der Waals surface area contributed by atoms with Crippen LogP contribution in [0.2, 0.25) is 0 Å². The molecule has 0 aromatic carbocycles. The van der Waals surface area contributed by atoms with E-state index in [1.165, 1.54) is 0 Å². The van der Waals surface area contributed by atoms with Crippen LogP contribution in [0.1, 0.15) is 12.8 Å². The second kappa shape index (κ2) is 4.89. The molecule has 1 nitrogen and oxygen atoms in total. The van der Waals surface area contributed by atoms with Gasteiger partial charge in [-0.1, -0.05) is 67.8 Å². The first kappa shape index (κ1) is 10.2. The number of aliphatic hydroxyl groups excluding tert-OH is 1. The van der Waals surface area contributed by atoms with Gasteiger partial charge in [-0.2, -0.15) is 0 Å². The molecule has 0 fully saturated rings. The molecule has 0 amide bonds. The molecule has 0 bridgehead atoms. The molecule has 8 heavy (non-hydrogen) atoms. The van der Waals surface area contributed by atoms with E-state index in [4.69, 9.17) is 5.11 Å². The molecule has 0 aliphatic heterocycles. The van der Waals surface area contributed by atoms with Crippen molar-refractivity contribution in [1.82, 2.24) is 0 Å². The minimum Gasteiger partial charge on any atom is -0.396 e. The maximum absolute atomic E-state index is 8.42. The SMILES string of the molecule is OCCCC(I)(I)I. The Morgan fingerprint density at radius 1 is 1.25 bits per heavy atom. The summed E-state index contributed by atoms with van der Waals surface area (Å²) in [5.74, 6) is 0. The van der Waals surface area contributed by atoms with E-state index in [1.54, 1.807) is 0 Å². The highest BCUT2D eigenvalue weighted by atomic mass is 127. The maximum atomic E-state index is 8.42. The Balaban J connectivity index is 3.11. The second-order valence-electron chi connectivity index (χ2n) is 1.44. The van der Waals surface area contributed by atoms with Gasteiger partial charge in [0.25, 0.3) is 0 Å². The molecular formula is C4H7I3O. The monoisotopic (exact) mass is 452 g/mol. The van der Waals surface area contributed by atoms with Crippen molar-refractivity contribution in [3.8, 4) is 0 Å². The van der Waals surface area contributed by atoms with Crippen LogP contribution in [0.4, 0.5) is 0 Å². The minimum absolute atomic E-state index is 0.302. The Morgan fingerprint density at radius 3 is 1.88 bits per heavy atom. The van der Waals surface area contributed by atoms with Crippen LogP contribution in [0, 0.1) is 0 Å². The van der Waals surface area contributed by atoms with Gasteiger partial charge in [0.15, 0.2) is 0 Å². The van der Waals surface area contributed by atoms with E-state index in [1.807, 2.05) is 0 Å². The van der Waals surface area contributed by atoms with Gasteiger partial charge in [-0.25, -0.2) is 0 Å². The normalized spacial score (nSPS) is 12.0. The van der Waals surface area contributed by atoms with Gasteiger partial charge in [-0.15, -0.1) is 0 Å². The average molecular weight is 452 g/mol. The standard InChI is InChI=1S/C4H7I3O/c5-4(6,7)2-1-3-8/h8H,1-3H2. The van der Waals surface area contributed by atoms with Crippen molar-refractivity contribution in [2.45, 2.75) is 12.3 Å². The lowest BCUT2D eigenvalue weighted by atomic mass is 10.4. The van der Waals surface area contributed by atoms with Crippen LogP contribution in [-0.2, 0) is 0 Å². The number of aliphatic hydroxyl groups is 1. The molecule has 0 aliphatic rings. The van der Waals surface area contributed by atoms with Gasteiger partial charge < -0.3 is 5.11 Å². The molecule has 0 saturated carbocycles. The van der Waals surface area contributed by atoms with Crippen molar-refractivity contribution in [3.63, 3.8) is 0 Å². The summed E-state index contributed by atoms with van der Waals surface area (Å²) in [4.78, 5) is 0. The van der Waals surface area contributed by atoms with Crippen molar-refractivity contribution >= 4 is 67.8 Å². The molecule has 0 rings (SSSR count). The molecule has 0 atom stereocenters. The number of rotatable bonds is 3. The highest BCUT2D eigenvalue weighted by Crippen LogP contribution is 2.39. The van der Waals surface area contributed by atoms with Gasteiger partial charge in [0, 0.05) is 6.61 Å². The van der Waals surface area contributed by atoms with Gasteiger partial charge in [-0.3, -0.25) is 0 Å². The summed E-state index contributed by atoms with van der Waals surface area (Å²) in [5.41, 5.74) is 0. The van der Waals surface area contributed by atoms with Crippen LogP contribution in [0.5, 0.6) is 0 Å². The smallest absolute Gasteiger partial charge is 0.124 e. The maximum Gasteiger partial charge on any atom is 0.124 e. The molecule has 1 N–H and O–H groups in total. The summed E-state index contributed by atoms with van der Waals surface area (Å²) in [6, 6.07) is 0. The van der Waals surface area contributed by atoms with E-state index >= 15 is 0 Å².